The summed E-state index contributed by atoms with van der Waals surface area (Å²) in [6.07, 6.45) is 10.3. The molecule has 4 heteroatoms. The molecule has 0 bridgehead atoms. The van der Waals surface area contributed by atoms with E-state index < -0.39 is 0 Å². The van der Waals surface area contributed by atoms with Crippen molar-refractivity contribution in [2.45, 2.75) is 50.9 Å². The number of allylic oxidation sites excluding steroid dienone is 1. The molecule has 0 aromatic rings. The third kappa shape index (κ3) is 2.29. The molecule has 90 valence electrons. The van der Waals surface area contributed by atoms with Crippen molar-refractivity contribution in [1.29, 1.82) is 0 Å². The van der Waals surface area contributed by atoms with Gasteiger partial charge in [-0.25, -0.2) is 0 Å². The number of rotatable bonds is 1. The minimum atomic E-state index is -0.152. The Balaban J connectivity index is 2.17. The highest BCUT2D eigenvalue weighted by Gasteiger charge is 2.46. The van der Waals surface area contributed by atoms with Crippen LogP contribution < -0.4 is 0 Å². The van der Waals surface area contributed by atoms with Gasteiger partial charge in [0.25, 0.3) is 0 Å². The number of ether oxygens (including phenoxy) is 1. The fourth-order valence-corrected chi connectivity index (χ4v) is 3.29. The lowest BCUT2D eigenvalue weighted by Gasteiger charge is -2.40. The number of thiol groups is 1. The molecule has 1 aliphatic heterocycles. The average molecular weight is 257 g/mol. The van der Waals surface area contributed by atoms with Gasteiger partial charge in [0.1, 0.15) is 10.0 Å². The summed E-state index contributed by atoms with van der Waals surface area (Å²) in [7, 11) is 0. The first-order valence-electron chi connectivity index (χ1n) is 5.99. The maximum Gasteiger partial charge on any atom is 0.143 e. The van der Waals surface area contributed by atoms with Crippen LogP contribution >= 0.6 is 24.8 Å². The van der Waals surface area contributed by atoms with Gasteiger partial charge in [-0.05, 0) is 32.6 Å². The van der Waals surface area contributed by atoms with Gasteiger partial charge in [0.2, 0.25) is 0 Å². The average Bonchev–Trinajstić information content (AvgIpc) is 2.59. The summed E-state index contributed by atoms with van der Waals surface area (Å²) in [4.78, 5) is 2.18. The van der Waals surface area contributed by atoms with Gasteiger partial charge in [-0.15, -0.1) is 12.6 Å². The van der Waals surface area contributed by atoms with Crippen LogP contribution in [-0.4, -0.2) is 27.6 Å². The molecule has 0 amide bonds. The van der Waals surface area contributed by atoms with Crippen LogP contribution in [0.2, 0.25) is 0 Å². The molecule has 0 aromatic heterocycles. The molecule has 0 radical (unpaired) electrons. The molecule has 0 aromatic carbocycles. The Bertz CT molecular complexity index is 297. The van der Waals surface area contributed by atoms with Crippen LogP contribution in [-0.2, 0) is 4.74 Å². The first kappa shape index (κ1) is 12.4. The zero-order valence-electron chi connectivity index (χ0n) is 9.69. The molecule has 2 rings (SSSR count). The summed E-state index contributed by atoms with van der Waals surface area (Å²) in [6, 6.07) is 0. The van der Waals surface area contributed by atoms with E-state index >= 15 is 0 Å². The first-order valence-corrected chi connectivity index (χ1v) is 6.85. The maximum atomic E-state index is 6.21. The molecule has 1 atom stereocenters. The van der Waals surface area contributed by atoms with Crippen molar-refractivity contribution >= 4 is 29.2 Å². The second kappa shape index (κ2) is 5.07. The van der Waals surface area contributed by atoms with E-state index in [1.807, 2.05) is 13.0 Å². The number of hydrogen-bond acceptors (Lipinski definition) is 2. The first-order chi connectivity index (χ1) is 7.68. The smallest absolute Gasteiger partial charge is 0.143 e. The second-order valence-corrected chi connectivity index (χ2v) is 5.69. The summed E-state index contributed by atoms with van der Waals surface area (Å²) in [5.74, 6) is 0. The van der Waals surface area contributed by atoms with Gasteiger partial charge >= 0.3 is 0 Å². The van der Waals surface area contributed by atoms with Crippen molar-refractivity contribution < 1.29 is 4.74 Å². The van der Waals surface area contributed by atoms with Crippen molar-refractivity contribution in [2.24, 2.45) is 0 Å². The predicted molar refractivity (Wildman–Crippen MR) is 73.8 cm³/mol. The Morgan fingerprint density at radius 3 is 2.69 bits per heavy atom. The van der Waals surface area contributed by atoms with Crippen LogP contribution in [0.25, 0.3) is 0 Å². The van der Waals surface area contributed by atoms with Crippen molar-refractivity contribution in [1.82, 2.24) is 4.90 Å². The van der Waals surface area contributed by atoms with E-state index in [1.54, 1.807) is 0 Å². The van der Waals surface area contributed by atoms with Crippen molar-refractivity contribution in [3.8, 4) is 0 Å². The van der Waals surface area contributed by atoms with Crippen molar-refractivity contribution in [3.63, 3.8) is 0 Å². The van der Waals surface area contributed by atoms with Crippen LogP contribution in [0.3, 0.4) is 0 Å². The quantitative estimate of drug-likeness (QED) is 0.440. The monoisotopic (exact) mass is 257 g/mol. The normalized spacial score (nSPS) is 29.1. The highest BCUT2D eigenvalue weighted by atomic mass is 32.1. The van der Waals surface area contributed by atoms with Gasteiger partial charge in [-0.3, -0.25) is 0 Å². The van der Waals surface area contributed by atoms with Gasteiger partial charge in [0, 0.05) is 0 Å². The SMILES string of the molecule is CC=CC1CN(C(=S)S)C2(CCCCC2)O1. The van der Waals surface area contributed by atoms with Crippen LogP contribution in [0.5, 0.6) is 0 Å². The Morgan fingerprint density at radius 2 is 2.12 bits per heavy atom. The van der Waals surface area contributed by atoms with Gasteiger partial charge in [0.05, 0.1) is 12.6 Å². The third-order valence-electron chi connectivity index (χ3n) is 3.50. The molecule has 2 nitrogen and oxygen atoms in total. The Hall–Kier alpha value is -0.0600. The maximum absolute atomic E-state index is 6.21. The Morgan fingerprint density at radius 1 is 1.44 bits per heavy atom. The van der Waals surface area contributed by atoms with Crippen LogP contribution in [0.4, 0.5) is 0 Å². The largest absolute Gasteiger partial charge is 0.346 e. The van der Waals surface area contributed by atoms with Gasteiger partial charge < -0.3 is 9.64 Å². The van der Waals surface area contributed by atoms with Crippen LogP contribution in [0.15, 0.2) is 12.2 Å². The van der Waals surface area contributed by atoms with E-state index in [0.29, 0.717) is 4.32 Å². The molecular weight excluding hydrogens is 238 g/mol. The molecular formula is C12H19NOS2. The molecule has 1 heterocycles. The molecule has 1 spiro atoms. The lowest BCUT2D eigenvalue weighted by atomic mass is 9.91. The molecule has 2 aliphatic rings. The van der Waals surface area contributed by atoms with E-state index in [4.69, 9.17) is 17.0 Å². The van der Waals surface area contributed by atoms with Gasteiger partial charge in [-0.1, -0.05) is 30.8 Å². The molecule has 1 unspecified atom stereocenters. The summed E-state index contributed by atoms with van der Waals surface area (Å²) in [5, 5.41) is 0. The van der Waals surface area contributed by atoms with E-state index in [-0.39, 0.29) is 11.8 Å². The van der Waals surface area contributed by atoms with Gasteiger partial charge in [0.15, 0.2) is 0 Å². The summed E-state index contributed by atoms with van der Waals surface area (Å²) in [6.45, 7) is 2.88. The van der Waals surface area contributed by atoms with Crippen molar-refractivity contribution in [3.05, 3.63) is 12.2 Å². The lowest BCUT2D eigenvalue weighted by molar-refractivity contribution is -0.0945. The highest BCUT2D eigenvalue weighted by molar-refractivity contribution is 8.10. The number of hydrogen-bond donors (Lipinski definition) is 1. The summed E-state index contributed by atoms with van der Waals surface area (Å²) in [5.41, 5.74) is -0.152. The van der Waals surface area contributed by atoms with E-state index in [0.717, 1.165) is 19.4 Å². The minimum absolute atomic E-state index is 0.152. The van der Waals surface area contributed by atoms with Crippen molar-refractivity contribution in [2.75, 3.05) is 6.54 Å². The highest BCUT2D eigenvalue weighted by Crippen LogP contribution is 2.41. The van der Waals surface area contributed by atoms with E-state index in [2.05, 4.69) is 23.6 Å². The lowest BCUT2D eigenvalue weighted by Crippen LogP contribution is -2.47. The second-order valence-electron chi connectivity index (χ2n) is 4.58. The Labute approximate surface area is 108 Å². The number of thiocarbonyl (C=S) groups is 1. The van der Waals surface area contributed by atoms with Crippen LogP contribution in [0, 0.1) is 0 Å². The third-order valence-corrected chi connectivity index (χ3v) is 3.96. The zero-order chi connectivity index (χ0) is 11.6. The fraction of sp³-hybridized carbons (Fsp3) is 0.750. The molecule has 1 aliphatic carbocycles. The molecule has 2 fully saturated rings. The molecule has 1 saturated heterocycles. The molecule has 16 heavy (non-hydrogen) atoms. The van der Waals surface area contributed by atoms with Crippen LogP contribution in [0.1, 0.15) is 39.0 Å². The standard InChI is InChI=1S/C12H19NOS2/c1-2-6-10-9-13(11(15)16)12(14-10)7-4-3-5-8-12/h2,6,10H,3-5,7-9H2,1H3,(H,15,16). The van der Waals surface area contributed by atoms with E-state index in [1.165, 1.54) is 19.3 Å². The number of nitrogens with zero attached hydrogens (tertiary/aromatic N) is 1. The molecule has 1 saturated carbocycles. The Kier molecular flexibility index (Phi) is 3.93. The molecule has 0 N–H and O–H groups in total. The van der Waals surface area contributed by atoms with Gasteiger partial charge in [-0.2, -0.15) is 0 Å². The fourth-order valence-electron chi connectivity index (χ4n) is 2.79. The predicted octanol–water partition coefficient (Wildman–Crippen LogP) is 3.14. The summed E-state index contributed by atoms with van der Waals surface area (Å²) < 4.78 is 6.88. The summed E-state index contributed by atoms with van der Waals surface area (Å²) >= 11 is 9.57. The topological polar surface area (TPSA) is 12.5 Å². The zero-order valence-corrected chi connectivity index (χ0v) is 11.4. The minimum Gasteiger partial charge on any atom is -0.346 e. The van der Waals surface area contributed by atoms with E-state index in [9.17, 15) is 0 Å².